The maximum absolute atomic E-state index is 12.6. The third-order valence-corrected chi connectivity index (χ3v) is 6.73. The third-order valence-electron chi connectivity index (χ3n) is 6.73. The Hall–Kier alpha value is -3.34. The number of hydrogen-bond donors (Lipinski definition) is 2. The van der Waals surface area contributed by atoms with Gasteiger partial charge < -0.3 is 34.3 Å². The summed E-state index contributed by atoms with van der Waals surface area (Å²) in [4.78, 5) is 27.1. The molecule has 2 aromatic rings. The van der Waals surface area contributed by atoms with E-state index in [0.717, 1.165) is 22.3 Å². The number of rotatable bonds is 9. The van der Waals surface area contributed by atoms with E-state index in [9.17, 15) is 9.59 Å². The summed E-state index contributed by atoms with van der Waals surface area (Å²) in [6.07, 6.45) is 0.970. The highest BCUT2D eigenvalue weighted by Gasteiger charge is 2.40. The summed E-state index contributed by atoms with van der Waals surface area (Å²) in [7, 11) is 4.74. The van der Waals surface area contributed by atoms with Crippen LogP contribution < -0.4 is 24.8 Å². The maximum Gasteiger partial charge on any atom is 0.235 e. The summed E-state index contributed by atoms with van der Waals surface area (Å²) in [5, 5.41) is 5.88. The van der Waals surface area contributed by atoms with Crippen LogP contribution in [0, 0.1) is 0 Å². The zero-order valence-corrected chi connectivity index (χ0v) is 21.8. The molecule has 200 valence electrons. The van der Waals surface area contributed by atoms with Gasteiger partial charge in [-0.1, -0.05) is 24.3 Å². The van der Waals surface area contributed by atoms with Gasteiger partial charge in [0.15, 0.2) is 17.2 Å². The molecule has 0 radical (unpaired) electrons. The van der Waals surface area contributed by atoms with Crippen LogP contribution in [-0.2, 0) is 31.2 Å². The molecule has 0 spiro atoms. The second kappa shape index (κ2) is 11.8. The normalized spacial score (nSPS) is 19.1. The fourth-order valence-corrected chi connectivity index (χ4v) is 5.06. The first-order valence-electron chi connectivity index (χ1n) is 12.3. The van der Waals surface area contributed by atoms with Crippen molar-refractivity contribution in [3.8, 4) is 28.4 Å². The molecule has 2 N–H and O–H groups in total. The van der Waals surface area contributed by atoms with E-state index < -0.39 is 5.72 Å². The highest BCUT2D eigenvalue weighted by molar-refractivity contribution is 5.84. The van der Waals surface area contributed by atoms with Crippen LogP contribution in [0.25, 0.3) is 11.1 Å². The van der Waals surface area contributed by atoms with E-state index in [0.29, 0.717) is 56.4 Å². The first kappa shape index (κ1) is 26.7. The van der Waals surface area contributed by atoms with Gasteiger partial charge in [-0.3, -0.25) is 14.5 Å². The monoisotopic (exact) mass is 513 g/mol. The molecule has 1 saturated heterocycles. The zero-order valence-electron chi connectivity index (χ0n) is 21.8. The van der Waals surface area contributed by atoms with Crippen molar-refractivity contribution in [2.75, 3.05) is 60.9 Å². The lowest BCUT2D eigenvalue weighted by molar-refractivity contribution is -0.140. The number of carbonyl (C=O) groups is 2. The molecule has 2 aliphatic rings. The van der Waals surface area contributed by atoms with Crippen molar-refractivity contribution in [3.05, 3.63) is 41.5 Å². The largest absolute Gasteiger partial charge is 0.493 e. The van der Waals surface area contributed by atoms with Gasteiger partial charge in [0.05, 0.1) is 41.1 Å². The van der Waals surface area contributed by atoms with Crippen molar-refractivity contribution in [3.63, 3.8) is 0 Å². The molecule has 0 unspecified atom stereocenters. The number of nitrogens with zero attached hydrogens (tertiary/aromatic N) is 1. The molecule has 0 aromatic heterocycles. The Morgan fingerprint density at radius 2 is 1.78 bits per heavy atom. The van der Waals surface area contributed by atoms with Gasteiger partial charge in [-0.05, 0) is 23.6 Å². The van der Waals surface area contributed by atoms with Crippen molar-refractivity contribution in [2.24, 2.45) is 0 Å². The zero-order chi connectivity index (χ0) is 26.4. The van der Waals surface area contributed by atoms with Crippen LogP contribution in [0.15, 0.2) is 30.3 Å². The van der Waals surface area contributed by atoms with Gasteiger partial charge in [-0.25, -0.2) is 0 Å². The Bertz CT molecular complexity index is 1130. The van der Waals surface area contributed by atoms with Gasteiger partial charge in [0, 0.05) is 37.6 Å². The lowest BCUT2D eigenvalue weighted by Crippen LogP contribution is -2.50. The molecule has 10 heteroatoms. The summed E-state index contributed by atoms with van der Waals surface area (Å²) < 4.78 is 28.7. The molecular weight excluding hydrogens is 478 g/mol. The smallest absolute Gasteiger partial charge is 0.235 e. The SMILES string of the molecule is COc1cc2c(c(OC)c1OC)-c1ccccc1[C@@](NC(C)=O)(OCNC(=O)CN1CCOCC1)CC2. The van der Waals surface area contributed by atoms with Gasteiger partial charge in [0.2, 0.25) is 17.6 Å². The number of hydrogen-bond acceptors (Lipinski definition) is 8. The molecule has 1 aliphatic heterocycles. The summed E-state index contributed by atoms with van der Waals surface area (Å²) in [6.45, 7) is 4.30. The minimum absolute atomic E-state index is 0.0715. The van der Waals surface area contributed by atoms with Crippen molar-refractivity contribution in [2.45, 2.75) is 25.5 Å². The van der Waals surface area contributed by atoms with E-state index in [1.165, 1.54) is 6.92 Å². The Labute approximate surface area is 217 Å². The first-order valence-corrected chi connectivity index (χ1v) is 12.3. The van der Waals surface area contributed by atoms with Crippen molar-refractivity contribution in [1.29, 1.82) is 0 Å². The van der Waals surface area contributed by atoms with Crippen LogP contribution in [0.2, 0.25) is 0 Å². The van der Waals surface area contributed by atoms with Crippen LogP contribution in [0.1, 0.15) is 24.5 Å². The van der Waals surface area contributed by atoms with Gasteiger partial charge in [-0.15, -0.1) is 0 Å². The average Bonchev–Trinajstić information content (AvgIpc) is 3.03. The number of aryl methyl sites for hydroxylation is 1. The molecule has 4 rings (SSSR count). The Balaban J connectivity index is 1.68. The van der Waals surface area contributed by atoms with Crippen molar-refractivity contribution < 1.29 is 33.3 Å². The predicted octanol–water partition coefficient (Wildman–Crippen LogP) is 2.04. The van der Waals surface area contributed by atoms with E-state index in [1.807, 2.05) is 35.2 Å². The highest BCUT2D eigenvalue weighted by Crippen LogP contribution is 2.51. The molecule has 10 nitrogen and oxygen atoms in total. The number of morpholine rings is 1. The van der Waals surface area contributed by atoms with Crippen LogP contribution in [0.5, 0.6) is 17.2 Å². The standard InChI is InChI=1S/C27H35N3O7/c1-18(31)29-27(37-17-28-23(32)16-30-11-13-36-14-12-30)10-9-19-15-22(33-2)25(34-3)26(35-4)24(19)20-7-5-6-8-21(20)27/h5-8,15H,9-14,16-17H2,1-4H3,(H,28,32)(H,29,31)/t27-/m0/s1. The number of amides is 2. The van der Waals surface area contributed by atoms with E-state index in [2.05, 4.69) is 10.6 Å². The lowest BCUT2D eigenvalue weighted by atomic mass is 9.92. The second-order valence-electron chi connectivity index (χ2n) is 9.01. The number of fused-ring (bicyclic) bond motifs is 3. The van der Waals surface area contributed by atoms with Gasteiger partial charge in [0.1, 0.15) is 6.73 Å². The van der Waals surface area contributed by atoms with Crippen molar-refractivity contribution >= 4 is 11.8 Å². The molecule has 2 amide bonds. The predicted molar refractivity (Wildman–Crippen MR) is 137 cm³/mol. The quantitative estimate of drug-likeness (QED) is 0.491. The van der Waals surface area contributed by atoms with Gasteiger partial charge in [-0.2, -0.15) is 0 Å². The summed E-state index contributed by atoms with van der Waals surface area (Å²) in [6, 6.07) is 9.64. The number of ether oxygens (including phenoxy) is 5. The summed E-state index contributed by atoms with van der Waals surface area (Å²) >= 11 is 0. The lowest BCUT2D eigenvalue weighted by Gasteiger charge is -2.35. The van der Waals surface area contributed by atoms with E-state index >= 15 is 0 Å². The molecule has 0 bridgehead atoms. The van der Waals surface area contributed by atoms with Crippen LogP contribution >= 0.6 is 0 Å². The molecule has 1 fully saturated rings. The molecule has 1 heterocycles. The average molecular weight is 514 g/mol. The Morgan fingerprint density at radius 1 is 1.05 bits per heavy atom. The second-order valence-corrected chi connectivity index (χ2v) is 9.01. The summed E-state index contributed by atoms with van der Waals surface area (Å²) in [5.41, 5.74) is 2.23. The van der Waals surface area contributed by atoms with Gasteiger partial charge in [0.25, 0.3) is 0 Å². The summed E-state index contributed by atoms with van der Waals surface area (Å²) in [5.74, 6) is 1.19. The number of carbonyl (C=O) groups excluding carboxylic acids is 2. The molecule has 2 aromatic carbocycles. The number of benzene rings is 2. The number of methoxy groups -OCH3 is 3. The molecule has 1 aliphatic carbocycles. The topological polar surface area (TPSA) is 108 Å². The minimum atomic E-state index is -1.18. The Kier molecular flexibility index (Phi) is 8.52. The highest BCUT2D eigenvalue weighted by atomic mass is 16.5. The van der Waals surface area contributed by atoms with Crippen LogP contribution in [0.3, 0.4) is 0 Å². The molecular formula is C27H35N3O7. The van der Waals surface area contributed by atoms with E-state index in [1.54, 1.807) is 21.3 Å². The minimum Gasteiger partial charge on any atom is -0.493 e. The fourth-order valence-electron chi connectivity index (χ4n) is 5.06. The van der Waals surface area contributed by atoms with E-state index in [4.69, 9.17) is 23.7 Å². The van der Waals surface area contributed by atoms with E-state index in [-0.39, 0.29) is 25.1 Å². The molecule has 0 saturated carbocycles. The Morgan fingerprint density at radius 3 is 2.46 bits per heavy atom. The molecule has 37 heavy (non-hydrogen) atoms. The number of nitrogens with one attached hydrogen (secondary N) is 2. The van der Waals surface area contributed by atoms with Gasteiger partial charge >= 0.3 is 0 Å². The molecule has 1 atom stereocenters. The van der Waals surface area contributed by atoms with Crippen molar-refractivity contribution in [1.82, 2.24) is 15.5 Å². The maximum atomic E-state index is 12.6. The van der Waals surface area contributed by atoms with Crippen LogP contribution in [-0.4, -0.2) is 77.6 Å². The third kappa shape index (κ3) is 5.66. The first-order chi connectivity index (χ1) is 17.9. The fraction of sp³-hybridized carbons (Fsp3) is 0.481. The van der Waals surface area contributed by atoms with Crippen LogP contribution in [0.4, 0.5) is 0 Å².